The van der Waals surface area contributed by atoms with Gasteiger partial charge in [-0.15, -0.1) is 0 Å². The molecule has 0 radical (unpaired) electrons. The van der Waals surface area contributed by atoms with Gasteiger partial charge in [-0.3, -0.25) is 0 Å². The predicted molar refractivity (Wildman–Crippen MR) is 103 cm³/mol. The molecule has 28 heavy (non-hydrogen) atoms. The number of halogens is 5. The van der Waals surface area contributed by atoms with E-state index in [-0.39, 0.29) is 22.1 Å². The Morgan fingerprint density at radius 1 is 0.929 bits per heavy atom. The molecule has 0 aromatic heterocycles. The summed E-state index contributed by atoms with van der Waals surface area (Å²) in [7, 11) is 0. The maximum absolute atomic E-state index is 14.6. The molecule has 5 heteroatoms. The standard InChI is InChI=1S/C23H17F5/c1-2-3-4-5-14-10-19(24)22(20(25)11-14)16-8-9-18-15(12-16)6-7-17(23(18)28)13-21(26)27/h2-3,6-13H,4-5H2,1H3/b3-2+. The van der Waals surface area contributed by atoms with Gasteiger partial charge in [0.05, 0.1) is 5.56 Å². The lowest BCUT2D eigenvalue weighted by atomic mass is 9.97. The van der Waals surface area contributed by atoms with E-state index < -0.39 is 23.5 Å². The van der Waals surface area contributed by atoms with Gasteiger partial charge in [-0.2, -0.15) is 8.78 Å². The van der Waals surface area contributed by atoms with Gasteiger partial charge in [0.15, 0.2) is 0 Å². The lowest BCUT2D eigenvalue weighted by Crippen LogP contribution is -1.95. The summed E-state index contributed by atoms with van der Waals surface area (Å²) >= 11 is 0. The summed E-state index contributed by atoms with van der Waals surface area (Å²) in [6.45, 7) is 1.88. The Balaban J connectivity index is 2.03. The van der Waals surface area contributed by atoms with Gasteiger partial charge in [-0.25, -0.2) is 13.2 Å². The van der Waals surface area contributed by atoms with Crippen LogP contribution in [0, 0.1) is 17.5 Å². The molecule has 3 rings (SSSR count). The van der Waals surface area contributed by atoms with Crippen LogP contribution in [0.4, 0.5) is 22.0 Å². The van der Waals surface area contributed by atoms with E-state index in [9.17, 15) is 22.0 Å². The Morgan fingerprint density at radius 2 is 1.64 bits per heavy atom. The van der Waals surface area contributed by atoms with Crippen LogP contribution in [0.25, 0.3) is 28.0 Å². The topological polar surface area (TPSA) is 0 Å². The summed E-state index contributed by atoms with van der Waals surface area (Å²) in [4.78, 5) is 0. The molecule has 0 unspecified atom stereocenters. The zero-order valence-electron chi connectivity index (χ0n) is 15.1. The van der Waals surface area contributed by atoms with E-state index in [0.29, 0.717) is 29.9 Å². The lowest BCUT2D eigenvalue weighted by Gasteiger charge is -2.10. The Kier molecular flexibility index (Phi) is 5.93. The van der Waals surface area contributed by atoms with E-state index >= 15 is 0 Å². The van der Waals surface area contributed by atoms with Crippen LogP contribution in [0.15, 0.2) is 60.7 Å². The molecule has 0 saturated carbocycles. The third-order valence-corrected chi connectivity index (χ3v) is 4.47. The Hall–Kier alpha value is -2.95. The molecule has 3 aromatic carbocycles. The number of hydrogen-bond donors (Lipinski definition) is 0. The molecule has 0 aliphatic rings. The second-order valence-electron chi connectivity index (χ2n) is 6.38. The minimum atomic E-state index is -2.01. The molecule has 0 fully saturated rings. The third-order valence-electron chi connectivity index (χ3n) is 4.47. The van der Waals surface area contributed by atoms with Gasteiger partial charge in [-0.05, 0) is 54.5 Å². The summed E-state index contributed by atoms with van der Waals surface area (Å²) in [5.41, 5.74) is 0.356. The molecule has 3 aromatic rings. The minimum Gasteiger partial charge on any atom is -0.206 e. The maximum atomic E-state index is 14.6. The van der Waals surface area contributed by atoms with Crippen LogP contribution in [-0.4, -0.2) is 0 Å². The minimum absolute atomic E-state index is 0.0996. The van der Waals surface area contributed by atoms with Gasteiger partial charge in [0.1, 0.15) is 17.5 Å². The van der Waals surface area contributed by atoms with Crippen LogP contribution in [0.3, 0.4) is 0 Å². The van der Waals surface area contributed by atoms with Crippen molar-refractivity contribution in [2.75, 3.05) is 0 Å². The summed E-state index contributed by atoms with van der Waals surface area (Å²) in [5.74, 6) is -2.21. The van der Waals surface area contributed by atoms with Gasteiger partial charge in [0.2, 0.25) is 0 Å². The largest absolute Gasteiger partial charge is 0.271 e. The smallest absolute Gasteiger partial charge is 0.206 e. The Bertz CT molecular complexity index is 1050. The molecule has 0 nitrogen and oxygen atoms in total. The van der Waals surface area contributed by atoms with Crippen LogP contribution < -0.4 is 0 Å². The molecule has 144 valence electrons. The molecule has 0 spiro atoms. The molecule has 0 bridgehead atoms. The number of fused-ring (bicyclic) bond motifs is 1. The summed E-state index contributed by atoms with van der Waals surface area (Å²) < 4.78 is 68.4. The Morgan fingerprint density at radius 3 is 2.29 bits per heavy atom. The van der Waals surface area contributed by atoms with E-state index in [0.717, 1.165) is 0 Å². The van der Waals surface area contributed by atoms with Crippen molar-refractivity contribution in [3.05, 3.63) is 89.3 Å². The molecule has 0 heterocycles. The average molecular weight is 388 g/mol. The molecular weight excluding hydrogens is 371 g/mol. The van der Waals surface area contributed by atoms with Crippen molar-refractivity contribution in [1.29, 1.82) is 0 Å². The van der Waals surface area contributed by atoms with Gasteiger partial charge < -0.3 is 0 Å². The van der Waals surface area contributed by atoms with Crippen LogP contribution in [-0.2, 0) is 6.42 Å². The molecule has 0 saturated heterocycles. The molecule has 0 atom stereocenters. The zero-order valence-corrected chi connectivity index (χ0v) is 15.1. The fraction of sp³-hybridized carbons (Fsp3) is 0.130. The first-order valence-electron chi connectivity index (χ1n) is 8.75. The molecule has 0 amide bonds. The highest BCUT2D eigenvalue weighted by atomic mass is 19.3. The van der Waals surface area contributed by atoms with Crippen molar-refractivity contribution in [3.8, 4) is 11.1 Å². The van der Waals surface area contributed by atoms with Gasteiger partial charge >= 0.3 is 0 Å². The lowest BCUT2D eigenvalue weighted by molar-refractivity contribution is 0.429. The van der Waals surface area contributed by atoms with Gasteiger partial charge in [0, 0.05) is 17.0 Å². The summed E-state index contributed by atoms with van der Waals surface area (Å²) in [6, 6.07) is 9.40. The van der Waals surface area contributed by atoms with Crippen molar-refractivity contribution in [2.24, 2.45) is 0 Å². The summed E-state index contributed by atoms with van der Waals surface area (Å²) in [6.07, 6.45) is 3.42. The number of rotatable bonds is 5. The van der Waals surface area contributed by atoms with E-state index in [1.807, 2.05) is 19.1 Å². The van der Waals surface area contributed by atoms with Gasteiger partial charge in [0.25, 0.3) is 6.08 Å². The SMILES string of the molecule is C/C=C/CCc1cc(F)c(-c2ccc3c(F)c(C=C(F)F)ccc3c2)c(F)c1. The highest BCUT2D eigenvalue weighted by molar-refractivity contribution is 5.89. The van der Waals surface area contributed by atoms with Crippen LogP contribution in [0.1, 0.15) is 24.5 Å². The van der Waals surface area contributed by atoms with E-state index in [2.05, 4.69) is 0 Å². The maximum Gasteiger partial charge on any atom is 0.271 e. The Labute approximate surface area is 159 Å². The first-order chi connectivity index (χ1) is 13.4. The quantitative estimate of drug-likeness (QED) is 0.311. The highest BCUT2D eigenvalue weighted by Gasteiger charge is 2.15. The number of aryl methyl sites for hydroxylation is 1. The first-order valence-corrected chi connectivity index (χ1v) is 8.75. The second-order valence-corrected chi connectivity index (χ2v) is 6.38. The van der Waals surface area contributed by atoms with Crippen molar-refractivity contribution >= 4 is 16.8 Å². The predicted octanol–water partition coefficient (Wildman–Crippen LogP) is 7.67. The van der Waals surface area contributed by atoms with E-state index in [4.69, 9.17) is 0 Å². The second kappa shape index (κ2) is 8.38. The van der Waals surface area contributed by atoms with Crippen molar-refractivity contribution < 1.29 is 22.0 Å². The molecule has 0 aliphatic carbocycles. The third kappa shape index (κ3) is 4.14. The van der Waals surface area contributed by atoms with E-state index in [1.165, 1.54) is 42.5 Å². The number of benzene rings is 3. The monoisotopic (exact) mass is 388 g/mol. The van der Waals surface area contributed by atoms with E-state index in [1.54, 1.807) is 0 Å². The normalized spacial score (nSPS) is 11.4. The van der Waals surface area contributed by atoms with Gasteiger partial charge in [-0.1, -0.05) is 36.4 Å². The van der Waals surface area contributed by atoms with Crippen molar-refractivity contribution in [2.45, 2.75) is 19.8 Å². The highest BCUT2D eigenvalue weighted by Crippen LogP contribution is 2.32. The number of allylic oxidation sites excluding steroid dienone is 2. The molecule has 0 N–H and O–H groups in total. The van der Waals surface area contributed by atoms with Crippen LogP contribution in [0.5, 0.6) is 0 Å². The van der Waals surface area contributed by atoms with Crippen LogP contribution >= 0.6 is 0 Å². The van der Waals surface area contributed by atoms with Crippen molar-refractivity contribution in [3.63, 3.8) is 0 Å². The number of hydrogen-bond acceptors (Lipinski definition) is 0. The average Bonchev–Trinajstić information content (AvgIpc) is 2.63. The zero-order chi connectivity index (χ0) is 20.3. The van der Waals surface area contributed by atoms with Crippen LogP contribution in [0.2, 0.25) is 0 Å². The van der Waals surface area contributed by atoms with Crippen molar-refractivity contribution in [1.82, 2.24) is 0 Å². The first kappa shape index (κ1) is 19.8. The fourth-order valence-corrected chi connectivity index (χ4v) is 3.16. The molecule has 0 aliphatic heterocycles. The fourth-order valence-electron chi connectivity index (χ4n) is 3.16. The summed E-state index contributed by atoms with van der Waals surface area (Å²) in [5, 5.41) is 0.463. The molecular formula is C23H17F5.